The molecule has 1 rings (SSSR count). The van der Waals surface area contributed by atoms with E-state index < -0.39 is 8.09 Å². The lowest BCUT2D eigenvalue weighted by Gasteiger charge is -2.22. The second-order valence-corrected chi connectivity index (χ2v) is 11.8. The Balaban J connectivity index is 2.28. The Bertz CT molecular complexity index is 335. The van der Waals surface area contributed by atoms with Crippen LogP contribution >= 0.6 is 30.5 Å². The standard InChI is InChI=1S/C12H23N3OS3/c1-3-4-5-6-12(15-11(2)16)7-8-18-19(17)9-13-14-10-19/h9-10,12,17H,3-8H2,1-2H3,(H,15,16). The van der Waals surface area contributed by atoms with Crippen molar-refractivity contribution in [2.75, 3.05) is 5.75 Å². The molecule has 0 bridgehead atoms. The van der Waals surface area contributed by atoms with E-state index >= 15 is 0 Å². The Morgan fingerprint density at radius 3 is 2.63 bits per heavy atom. The highest BCUT2D eigenvalue weighted by molar-refractivity contribution is 9.30. The zero-order valence-corrected chi connectivity index (χ0v) is 14.1. The van der Waals surface area contributed by atoms with Crippen LogP contribution in [0, 0.1) is 0 Å². The summed E-state index contributed by atoms with van der Waals surface area (Å²) in [5.74, 6) is 1.02. The molecule has 1 unspecified atom stereocenters. The highest BCUT2D eigenvalue weighted by Gasteiger charge is 2.19. The van der Waals surface area contributed by atoms with Crippen LogP contribution in [0.2, 0.25) is 0 Å². The van der Waals surface area contributed by atoms with E-state index in [1.165, 1.54) is 19.3 Å². The fraction of sp³-hybridized carbons (Fsp3) is 0.750. The first kappa shape index (κ1) is 16.9. The molecule has 0 aromatic carbocycles. The third-order valence-electron chi connectivity index (χ3n) is 2.76. The average molecular weight is 322 g/mol. The van der Waals surface area contributed by atoms with E-state index in [9.17, 15) is 4.79 Å². The molecule has 0 radical (unpaired) electrons. The van der Waals surface area contributed by atoms with Crippen molar-refractivity contribution in [1.82, 2.24) is 5.32 Å². The average Bonchev–Trinajstić information content (AvgIpc) is 2.75. The molecule has 0 aliphatic carbocycles. The predicted octanol–water partition coefficient (Wildman–Crippen LogP) is 3.74. The molecule has 0 aromatic heterocycles. The number of carbonyl (C=O) groups is 1. The second kappa shape index (κ2) is 8.92. The smallest absolute Gasteiger partial charge is 0.217 e. The summed E-state index contributed by atoms with van der Waals surface area (Å²) < 4.78 is 0. The molecule has 0 aromatic rings. The van der Waals surface area contributed by atoms with Crippen molar-refractivity contribution in [3.8, 4) is 0 Å². The first-order valence-electron chi connectivity index (χ1n) is 6.59. The van der Waals surface area contributed by atoms with Crippen LogP contribution in [0.25, 0.3) is 0 Å². The fourth-order valence-electron chi connectivity index (χ4n) is 1.82. The molecule has 1 aliphatic rings. The minimum absolute atomic E-state index is 0.0587. The maximum absolute atomic E-state index is 11.2. The number of amides is 1. The number of unbranched alkanes of at least 4 members (excludes halogenated alkanes) is 2. The van der Waals surface area contributed by atoms with Crippen molar-refractivity contribution < 1.29 is 4.79 Å². The maximum Gasteiger partial charge on any atom is 0.217 e. The molecule has 110 valence electrons. The van der Waals surface area contributed by atoms with Crippen LogP contribution < -0.4 is 5.32 Å². The van der Waals surface area contributed by atoms with Crippen molar-refractivity contribution in [3.05, 3.63) is 0 Å². The zero-order chi connectivity index (χ0) is 14.1. The van der Waals surface area contributed by atoms with Gasteiger partial charge < -0.3 is 5.32 Å². The molecular weight excluding hydrogens is 298 g/mol. The molecule has 1 aliphatic heterocycles. The molecule has 0 saturated heterocycles. The Hall–Kier alpha value is -0.140. The van der Waals surface area contributed by atoms with Crippen molar-refractivity contribution >= 4 is 47.5 Å². The molecule has 4 nitrogen and oxygen atoms in total. The van der Waals surface area contributed by atoms with Crippen molar-refractivity contribution in [3.63, 3.8) is 0 Å². The Morgan fingerprint density at radius 2 is 2.05 bits per heavy atom. The number of rotatable bonds is 9. The molecule has 1 atom stereocenters. The molecule has 0 spiro atoms. The predicted molar refractivity (Wildman–Crippen MR) is 92.4 cm³/mol. The topological polar surface area (TPSA) is 53.8 Å². The van der Waals surface area contributed by atoms with Gasteiger partial charge in [0, 0.05) is 18.7 Å². The van der Waals surface area contributed by atoms with Gasteiger partial charge in [-0.3, -0.25) is 4.79 Å². The van der Waals surface area contributed by atoms with Gasteiger partial charge in [-0.25, -0.2) is 0 Å². The summed E-state index contributed by atoms with van der Waals surface area (Å²) in [6.07, 6.45) is 5.65. The lowest BCUT2D eigenvalue weighted by Crippen LogP contribution is -2.33. The van der Waals surface area contributed by atoms with E-state index in [-0.39, 0.29) is 11.9 Å². The summed E-state index contributed by atoms with van der Waals surface area (Å²) in [7, 11) is 0.541. The molecule has 7 heteroatoms. The molecule has 1 heterocycles. The number of carbonyl (C=O) groups excluding carboxylic acids is 1. The summed E-state index contributed by atoms with van der Waals surface area (Å²) >= 11 is 4.60. The van der Waals surface area contributed by atoms with Gasteiger partial charge in [-0.15, -0.1) is 11.7 Å². The van der Waals surface area contributed by atoms with Gasteiger partial charge in [0.1, 0.15) is 0 Å². The van der Waals surface area contributed by atoms with E-state index in [4.69, 9.17) is 0 Å². The van der Waals surface area contributed by atoms with Gasteiger partial charge in [-0.1, -0.05) is 45.1 Å². The summed E-state index contributed by atoms with van der Waals surface area (Å²) in [5, 5.41) is 10.8. The Kier molecular flexibility index (Phi) is 7.94. The number of thiol groups is 1. The van der Waals surface area contributed by atoms with Gasteiger partial charge in [0.2, 0.25) is 5.91 Å². The minimum atomic E-state index is -1.24. The molecule has 1 amide bonds. The van der Waals surface area contributed by atoms with Crippen molar-refractivity contribution in [2.24, 2.45) is 10.2 Å². The van der Waals surface area contributed by atoms with Gasteiger partial charge in [-0.2, -0.15) is 10.2 Å². The maximum atomic E-state index is 11.2. The minimum Gasteiger partial charge on any atom is -0.354 e. The highest BCUT2D eigenvalue weighted by Crippen LogP contribution is 2.61. The van der Waals surface area contributed by atoms with E-state index in [0.29, 0.717) is 0 Å². The number of nitrogens with zero attached hydrogens (tertiary/aromatic N) is 2. The van der Waals surface area contributed by atoms with Crippen LogP contribution in [0.1, 0.15) is 46.0 Å². The third-order valence-corrected chi connectivity index (χ3v) is 8.00. The number of hydrogen-bond acceptors (Lipinski definition) is 5. The van der Waals surface area contributed by atoms with Crippen molar-refractivity contribution in [2.45, 2.75) is 52.0 Å². The van der Waals surface area contributed by atoms with Crippen LogP contribution in [0.4, 0.5) is 0 Å². The zero-order valence-electron chi connectivity index (χ0n) is 11.5. The molecule has 0 fully saturated rings. The first-order valence-corrected chi connectivity index (χ1v) is 10.9. The van der Waals surface area contributed by atoms with Crippen LogP contribution in [0.15, 0.2) is 10.2 Å². The van der Waals surface area contributed by atoms with Gasteiger partial charge in [0.25, 0.3) is 0 Å². The molecule has 1 N–H and O–H groups in total. The lowest BCUT2D eigenvalue weighted by atomic mass is 10.1. The van der Waals surface area contributed by atoms with Gasteiger partial charge >= 0.3 is 0 Å². The van der Waals surface area contributed by atoms with Crippen LogP contribution in [-0.4, -0.2) is 28.8 Å². The van der Waals surface area contributed by atoms with Crippen LogP contribution in [0.3, 0.4) is 0 Å². The van der Waals surface area contributed by atoms with E-state index in [2.05, 4.69) is 34.1 Å². The number of hydrogen-bond donors (Lipinski definition) is 2. The summed E-state index contributed by atoms with van der Waals surface area (Å²) in [4.78, 5) is 11.2. The summed E-state index contributed by atoms with van der Waals surface area (Å²) in [6.45, 7) is 3.78. The van der Waals surface area contributed by atoms with Crippen molar-refractivity contribution in [1.29, 1.82) is 0 Å². The van der Waals surface area contributed by atoms with Gasteiger partial charge in [0.15, 0.2) is 0 Å². The third kappa shape index (κ3) is 7.27. The SMILES string of the molecule is CCCCCC(CCSS1(S)C=NN=C1)NC(C)=O. The lowest BCUT2D eigenvalue weighted by molar-refractivity contribution is -0.119. The van der Waals surface area contributed by atoms with E-state index in [1.807, 2.05) is 11.1 Å². The molecule has 19 heavy (non-hydrogen) atoms. The van der Waals surface area contributed by atoms with E-state index in [1.54, 1.807) is 17.7 Å². The Labute approximate surface area is 125 Å². The largest absolute Gasteiger partial charge is 0.354 e. The van der Waals surface area contributed by atoms with Gasteiger partial charge in [-0.05, 0) is 12.8 Å². The van der Waals surface area contributed by atoms with E-state index in [0.717, 1.165) is 18.6 Å². The quantitative estimate of drug-likeness (QED) is 0.386. The summed E-state index contributed by atoms with van der Waals surface area (Å²) in [6, 6.07) is 0.281. The van der Waals surface area contributed by atoms with Gasteiger partial charge in [0.05, 0.1) is 11.1 Å². The Morgan fingerprint density at radius 1 is 1.37 bits per heavy atom. The monoisotopic (exact) mass is 321 g/mol. The second-order valence-electron chi connectivity index (χ2n) is 4.56. The van der Waals surface area contributed by atoms with Crippen LogP contribution in [-0.2, 0) is 4.79 Å². The summed E-state index contributed by atoms with van der Waals surface area (Å²) in [5.41, 5.74) is 3.65. The normalized spacial score (nSPS) is 19.3. The molecular formula is C12H23N3OS3. The fourth-order valence-corrected chi connectivity index (χ4v) is 5.63. The number of nitrogens with one attached hydrogen (secondary N) is 1. The van der Waals surface area contributed by atoms with Crippen LogP contribution in [0.5, 0.6) is 0 Å². The first-order chi connectivity index (χ1) is 9.06. The highest BCUT2D eigenvalue weighted by atomic mass is 33.5. The molecule has 0 saturated carbocycles.